The van der Waals surface area contributed by atoms with E-state index in [0.717, 1.165) is 5.56 Å². The van der Waals surface area contributed by atoms with Gasteiger partial charge in [0.15, 0.2) is 11.0 Å². The van der Waals surface area contributed by atoms with Crippen molar-refractivity contribution in [1.82, 2.24) is 24.6 Å². The lowest BCUT2D eigenvalue weighted by atomic mass is 10.2. The third kappa shape index (κ3) is 5.90. The number of amides is 1. The van der Waals surface area contributed by atoms with Crippen molar-refractivity contribution in [1.29, 1.82) is 0 Å². The molecule has 0 radical (unpaired) electrons. The minimum absolute atomic E-state index is 0.00293. The van der Waals surface area contributed by atoms with Crippen molar-refractivity contribution in [2.24, 2.45) is 0 Å². The van der Waals surface area contributed by atoms with E-state index in [1.807, 2.05) is 29.4 Å². The van der Waals surface area contributed by atoms with Crippen LogP contribution >= 0.6 is 23.5 Å². The second-order valence-corrected chi connectivity index (χ2v) is 9.61. The number of thioether (sulfide) groups is 2. The van der Waals surface area contributed by atoms with E-state index in [1.165, 1.54) is 11.8 Å². The lowest BCUT2D eigenvalue weighted by Crippen LogP contribution is -2.48. The minimum Gasteiger partial charge on any atom is -0.372 e. The average molecular weight is 492 g/mol. The van der Waals surface area contributed by atoms with Gasteiger partial charge in [0.2, 0.25) is 5.91 Å². The molecule has 1 saturated heterocycles. The van der Waals surface area contributed by atoms with Crippen molar-refractivity contribution in [2.75, 3.05) is 18.8 Å². The minimum atomic E-state index is -2.49. The Kier molecular flexibility index (Phi) is 7.61. The molecule has 33 heavy (non-hydrogen) atoms. The summed E-state index contributed by atoms with van der Waals surface area (Å²) in [5.74, 6) is -1.73. The van der Waals surface area contributed by atoms with Gasteiger partial charge in [0, 0.05) is 41.6 Å². The van der Waals surface area contributed by atoms with Crippen LogP contribution in [0.3, 0.4) is 0 Å². The molecule has 0 N–H and O–H groups in total. The van der Waals surface area contributed by atoms with Crippen molar-refractivity contribution < 1.29 is 18.3 Å². The number of carbonyl (C=O) groups is 1. The molecule has 4 rings (SSSR count). The number of hydrogen-bond donors (Lipinski definition) is 0. The third-order valence-corrected chi connectivity index (χ3v) is 6.61. The van der Waals surface area contributed by atoms with Gasteiger partial charge in [-0.25, -0.2) is 0 Å². The van der Waals surface area contributed by atoms with E-state index >= 15 is 0 Å². The molecule has 2 atom stereocenters. The van der Waals surface area contributed by atoms with Crippen LogP contribution in [0.2, 0.25) is 0 Å². The highest BCUT2D eigenvalue weighted by Gasteiger charge is 2.26. The highest BCUT2D eigenvalue weighted by molar-refractivity contribution is 8.00. The third-order valence-electron chi connectivity index (χ3n) is 4.97. The Morgan fingerprint density at radius 3 is 2.52 bits per heavy atom. The first-order valence-electron chi connectivity index (χ1n) is 10.4. The number of ether oxygens (including phenoxy) is 1. The van der Waals surface area contributed by atoms with Crippen LogP contribution in [0.15, 0.2) is 58.8 Å². The molecule has 1 aliphatic rings. The molecule has 3 aromatic rings. The number of rotatable bonds is 7. The Balaban J connectivity index is 1.59. The molecule has 0 aliphatic carbocycles. The Morgan fingerprint density at radius 2 is 1.88 bits per heavy atom. The molecule has 0 bridgehead atoms. The van der Waals surface area contributed by atoms with Gasteiger partial charge in [-0.3, -0.25) is 14.3 Å². The van der Waals surface area contributed by atoms with Crippen LogP contribution in [0.1, 0.15) is 13.8 Å². The molecule has 2 aromatic heterocycles. The molecule has 1 fully saturated rings. The van der Waals surface area contributed by atoms with Crippen LogP contribution in [0.4, 0.5) is 8.78 Å². The molecule has 1 amide bonds. The Bertz CT molecular complexity index is 1070. The quantitative estimate of drug-likeness (QED) is 0.455. The topological polar surface area (TPSA) is 73.1 Å². The summed E-state index contributed by atoms with van der Waals surface area (Å²) < 4.78 is 32.9. The van der Waals surface area contributed by atoms with E-state index in [-0.39, 0.29) is 23.9 Å². The molecule has 11 heteroatoms. The van der Waals surface area contributed by atoms with E-state index in [4.69, 9.17) is 4.74 Å². The van der Waals surface area contributed by atoms with Crippen LogP contribution in [-0.2, 0) is 9.53 Å². The number of benzene rings is 1. The van der Waals surface area contributed by atoms with E-state index in [2.05, 4.69) is 15.2 Å². The fraction of sp³-hybridized carbons (Fsp3) is 0.364. The molecule has 7 nitrogen and oxygen atoms in total. The fourth-order valence-corrected chi connectivity index (χ4v) is 5.01. The van der Waals surface area contributed by atoms with Gasteiger partial charge >= 0.3 is 0 Å². The molecule has 0 saturated carbocycles. The number of pyridine rings is 1. The van der Waals surface area contributed by atoms with Crippen LogP contribution in [-0.4, -0.2) is 67.4 Å². The lowest BCUT2D eigenvalue weighted by Gasteiger charge is -2.35. The summed E-state index contributed by atoms with van der Waals surface area (Å²) in [7, 11) is 0. The Labute approximate surface area is 198 Å². The predicted molar refractivity (Wildman–Crippen MR) is 124 cm³/mol. The van der Waals surface area contributed by atoms with Crippen LogP contribution in [0, 0.1) is 0 Å². The van der Waals surface area contributed by atoms with E-state index < -0.39 is 5.76 Å². The van der Waals surface area contributed by atoms with Crippen molar-refractivity contribution in [3.8, 4) is 17.1 Å². The van der Waals surface area contributed by atoms with Crippen molar-refractivity contribution in [3.63, 3.8) is 0 Å². The zero-order valence-corrected chi connectivity index (χ0v) is 19.7. The van der Waals surface area contributed by atoms with E-state index in [0.29, 0.717) is 46.4 Å². The van der Waals surface area contributed by atoms with Gasteiger partial charge in [0.1, 0.15) is 0 Å². The summed E-state index contributed by atoms with van der Waals surface area (Å²) in [6.45, 7) is 5.02. The fourth-order valence-electron chi connectivity index (χ4n) is 3.65. The molecule has 1 aromatic carbocycles. The summed E-state index contributed by atoms with van der Waals surface area (Å²) in [5.41, 5.74) is 1.46. The number of aromatic nitrogens is 4. The smallest absolute Gasteiger partial charge is 0.288 e. The normalized spacial score (nSPS) is 18.6. The van der Waals surface area contributed by atoms with E-state index in [9.17, 15) is 13.6 Å². The number of carbonyl (C=O) groups excluding carboxylic acids is 1. The first-order chi connectivity index (χ1) is 15.9. The standard InChI is InChI=1S/C22H23F2N5O2S2/c1-14-11-28(12-15(2)31-14)19(30)13-32-22-27-26-20(16-4-3-9-25-10-16)29(22)17-5-7-18(8-6-17)33-21(23)24/h3-10,14-15,21H,11-13H2,1-2H3. The van der Waals surface area contributed by atoms with Crippen molar-refractivity contribution in [3.05, 3.63) is 48.8 Å². The second-order valence-electron chi connectivity index (χ2n) is 7.60. The summed E-state index contributed by atoms with van der Waals surface area (Å²) >= 11 is 1.78. The molecule has 3 heterocycles. The van der Waals surface area contributed by atoms with Gasteiger partial charge in [-0.15, -0.1) is 10.2 Å². The summed E-state index contributed by atoms with van der Waals surface area (Å²) in [6, 6.07) is 10.4. The maximum Gasteiger partial charge on any atom is 0.288 e. The van der Waals surface area contributed by atoms with Gasteiger partial charge in [0.05, 0.1) is 18.0 Å². The first kappa shape index (κ1) is 23.7. The molecule has 174 valence electrons. The Hall–Kier alpha value is -2.50. The molecule has 0 spiro atoms. The van der Waals surface area contributed by atoms with Crippen molar-refractivity contribution in [2.45, 2.75) is 41.9 Å². The maximum absolute atomic E-state index is 12.8. The number of morpholine rings is 1. The zero-order valence-electron chi connectivity index (χ0n) is 18.1. The predicted octanol–water partition coefficient (Wildman–Crippen LogP) is 4.37. The molecular formula is C22H23F2N5O2S2. The monoisotopic (exact) mass is 491 g/mol. The van der Waals surface area contributed by atoms with E-state index in [1.54, 1.807) is 42.7 Å². The highest BCUT2D eigenvalue weighted by atomic mass is 32.2. The van der Waals surface area contributed by atoms with Gasteiger partial charge in [-0.1, -0.05) is 23.5 Å². The van der Waals surface area contributed by atoms with Crippen molar-refractivity contribution >= 4 is 29.4 Å². The summed E-state index contributed by atoms with van der Waals surface area (Å²) in [5, 5.41) is 9.18. The van der Waals surface area contributed by atoms with Gasteiger partial charge < -0.3 is 9.64 Å². The number of hydrogen-bond acceptors (Lipinski definition) is 7. The molecule has 1 aliphatic heterocycles. The van der Waals surface area contributed by atoms with Gasteiger partial charge in [0.25, 0.3) is 5.76 Å². The lowest BCUT2D eigenvalue weighted by molar-refractivity contribution is -0.140. The van der Waals surface area contributed by atoms with Crippen LogP contribution in [0.25, 0.3) is 17.1 Å². The summed E-state index contributed by atoms with van der Waals surface area (Å²) in [6.07, 6.45) is 3.33. The SMILES string of the molecule is CC1CN(C(=O)CSc2nnc(-c3cccnc3)n2-c2ccc(SC(F)F)cc2)CC(C)O1. The number of alkyl halides is 2. The van der Waals surface area contributed by atoms with Gasteiger partial charge in [-0.05, 0) is 50.2 Å². The highest BCUT2D eigenvalue weighted by Crippen LogP contribution is 2.30. The first-order valence-corrected chi connectivity index (χ1v) is 12.2. The maximum atomic E-state index is 12.8. The van der Waals surface area contributed by atoms with Crippen LogP contribution < -0.4 is 0 Å². The Morgan fingerprint density at radius 1 is 1.15 bits per heavy atom. The largest absolute Gasteiger partial charge is 0.372 e. The van der Waals surface area contributed by atoms with Gasteiger partial charge in [-0.2, -0.15) is 8.78 Å². The zero-order chi connectivity index (χ0) is 23.4. The molecule has 2 unspecified atom stereocenters. The molecular weight excluding hydrogens is 468 g/mol. The number of halogens is 2. The summed E-state index contributed by atoms with van der Waals surface area (Å²) in [4.78, 5) is 19.3. The average Bonchev–Trinajstić information content (AvgIpc) is 3.21. The second kappa shape index (κ2) is 10.6. The number of nitrogens with zero attached hydrogens (tertiary/aromatic N) is 5. The van der Waals surface area contributed by atoms with Crippen LogP contribution in [0.5, 0.6) is 0 Å².